The quantitative estimate of drug-likeness (QED) is 0.413. The van der Waals surface area contributed by atoms with E-state index >= 15 is 0 Å². The van der Waals surface area contributed by atoms with E-state index in [4.69, 9.17) is 10.2 Å². The van der Waals surface area contributed by atoms with Gasteiger partial charge >= 0.3 is 41.5 Å². The maximum atomic E-state index is 9.90. The fourth-order valence-electron chi connectivity index (χ4n) is 0.247. The number of carboxylic acids is 2. The van der Waals surface area contributed by atoms with Crippen molar-refractivity contribution in [1.29, 1.82) is 0 Å². The predicted octanol–water partition coefficient (Wildman–Crippen LogP) is -0.547. The Hall–Kier alpha value is -0.320. The second-order valence-electron chi connectivity index (χ2n) is 1.47. The Bertz CT molecular complexity index is 172. The molecule has 5 heteroatoms. The standard InChI is InChI=1S/C5H6O4.Na.H/c1-3(5(8)9)2-4(6)7;;/h2H,1H3,(H,6,7)(H,8,9);;/b3-2-;;. The summed E-state index contributed by atoms with van der Waals surface area (Å²) in [6, 6.07) is 0. The molecule has 0 aromatic heterocycles. The van der Waals surface area contributed by atoms with Crippen molar-refractivity contribution in [3.63, 3.8) is 0 Å². The molecule has 2 N–H and O–H groups in total. The summed E-state index contributed by atoms with van der Waals surface area (Å²) in [6.07, 6.45) is 0.641. The molecule has 0 aliphatic heterocycles. The monoisotopic (exact) mass is 154 g/mol. The van der Waals surface area contributed by atoms with Gasteiger partial charge in [0.25, 0.3) is 0 Å². The molecule has 0 unspecified atom stereocenters. The predicted molar refractivity (Wildman–Crippen MR) is 36.2 cm³/mol. The van der Waals surface area contributed by atoms with Crippen LogP contribution in [0.4, 0.5) is 0 Å². The zero-order valence-corrected chi connectivity index (χ0v) is 4.79. The fraction of sp³-hybridized carbons (Fsp3) is 0.200. The number of carboxylic acid groups (broad SMARTS) is 2. The third-order valence-corrected chi connectivity index (χ3v) is 0.677. The first-order valence-corrected chi connectivity index (χ1v) is 2.18. The maximum absolute atomic E-state index is 9.90. The molecule has 0 saturated carbocycles. The van der Waals surface area contributed by atoms with Gasteiger partial charge in [0, 0.05) is 11.6 Å². The zero-order valence-electron chi connectivity index (χ0n) is 4.79. The first-order chi connectivity index (χ1) is 4.04. The van der Waals surface area contributed by atoms with Crippen molar-refractivity contribution >= 4 is 41.5 Å². The first kappa shape index (κ1) is 12.4. The Morgan fingerprint density at radius 2 is 1.70 bits per heavy atom. The molecule has 0 amide bonds. The van der Waals surface area contributed by atoms with Crippen LogP contribution in [0.15, 0.2) is 11.6 Å². The van der Waals surface area contributed by atoms with Crippen molar-refractivity contribution in [2.75, 3.05) is 0 Å². The molecule has 0 heterocycles. The van der Waals surface area contributed by atoms with Gasteiger partial charge < -0.3 is 10.2 Å². The Morgan fingerprint density at radius 1 is 1.30 bits per heavy atom. The third-order valence-electron chi connectivity index (χ3n) is 0.677. The van der Waals surface area contributed by atoms with E-state index in [-0.39, 0.29) is 35.1 Å². The van der Waals surface area contributed by atoms with Gasteiger partial charge in [-0.05, 0) is 6.92 Å². The fourth-order valence-corrected chi connectivity index (χ4v) is 0.247. The zero-order chi connectivity index (χ0) is 7.44. The number of hydrogen-bond donors (Lipinski definition) is 2. The molecule has 0 aromatic carbocycles. The molecule has 0 bridgehead atoms. The molecule has 0 aromatic rings. The van der Waals surface area contributed by atoms with Crippen LogP contribution < -0.4 is 0 Å². The van der Waals surface area contributed by atoms with Crippen LogP contribution in [0.1, 0.15) is 6.92 Å². The molecule has 10 heavy (non-hydrogen) atoms. The van der Waals surface area contributed by atoms with Crippen molar-refractivity contribution in [1.82, 2.24) is 0 Å². The third kappa shape index (κ3) is 5.81. The number of hydrogen-bond acceptors (Lipinski definition) is 2. The average Bonchev–Trinajstić information content (AvgIpc) is 1.63. The summed E-state index contributed by atoms with van der Waals surface area (Å²) >= 11 is 0. The summed E-state index contributed by atoms with van der Waals surface area (Å²) in [5.41, 5.74) is -0.178. The minimum absolute atomic E-state index is 0. The van der Waals surface area contributed by atoms with Crippen molar-refractivity contribution in [3.8, 4) is 0 Å². The number of rotatable bonds is 2. The molecule has 0 rings (SSSR count). The van der Waals surface area contributed by atoms with Gasteiger partial charge in [-0.2, -0.15) is 0 Å². The summed E-state index contributed by atoms with van der Waals surface area (Å²) in [7, 11) is 0. The number of carbonyl (C=O) groups is 2. The first-order valence-electron chi connectivity index (χ1n) is 2.18. The molecule has 0 spiro atoms. The van der Waals surface area contributed by atoms with Crippen LogP contribution >= 0.6 is 0 Å². The van der Waals surface area contributed by atoms with Crippen molar-refractivity contribution in [3.05, 3.63) is 11.6 Å². The Morgan fingerprint density at radius 3 is 1.80 bits per heavy atom. The molecule has 52 valence electrons. The molecule has 0 radical (unpaired) electrons. The van der Waals surface area contributed by atoms with E-state index in [0.29, 0.717) is 6.08 Å². The Kier molecular flexibility index (Phi) is 6.76. The van der Waals surface area contributed by atoms with Crippen molar-refractivity contribution < 1.29 is 19.8 Å². The molecular weight excluding hydrogens is 147 g/mol. The van der Waals surface area contributed by atoms with Crippen molar-refractivity contribution in [2.45, 2.75) is 6.92 Å². The molecule has 0 aliphatic carbocycles. The average molecular weight is 154 g/mol. The van der Waals surface area contributed by atoms with E-state index in [9.17, 15) is 9.59 Å². The number of aliphatic carboxylic acids is 2. The van der Waals surface area contributed by atoms with Crippen LogP contribution in [0.5, 0.6) is 0 Å². The van der Waals surface area contributed by atoms with Crippen LogP contribution in [-0.4, -0.2) is 51.7 Å². The van der Waals surface area contributed by atoms with Crippen LogP contribution in [0.2, 0.25) is 0 Å². The summed E-state index contributed by atoms with van der Waals surface area (Å²) in [6.45, 7) is 1.22. The van der Waals surface area contributed by atoms with Crippen LogP contribution in [0.25, 0.3) is 0 Å². The van der Waals surface area contributed by atoms with Gasteiger partial charge in [-0.15, -0.1) is 0 Å². The van der Waals surface area contributed by atoms with E-state index in [1.807, 2.05) is 0 Å². The van der Waals surface area contributed by atoms with E-state index < -0.39 is 11.9 Å². The van der Waals surface area contributed by atoms with E-state index in [1.54, 1.807) is 0 Å². The van der Waals surface area contributed by atoms with Gasteiger partial charge in [-0.25, -0.2) is 9.59 Å². The van der Waals surface area contributed by atoms with Crippen LogP contribution in [0.3, 0.4) is 0 Å². The van der Waals surface area contributed by atoms with Gasteiger partial charge in [-0.3, -0.25) is 0 Å². The normalized spacial score (nSPS) is 9.90. The molecule has 0 aliphatic rings. The second-order valence-corrected chi connectivity index (χ2v) is 1.47. The minimum atomic E-state index is -1.24. The topological polar surface area (TPSA) is 74.6 Å². The molecular formula is C5H7NaO4. The SMILES string of the molecule is C/C(=C/C(=O)O)C(=O)O.[NaH]. The van der Waals surface area contributed by atoms with Crippen LogP contribution in [-0.2, 0) is 9.59 Å². The Balaban J connectivity index is 0. The van der Waals surface area contributed by atoms with Crippen LogP contribution in [0, 0.1) is 0 Å². The van der Waals surface area contributed by atoms with Crippen molar-refractivity contribution in [2.24, 2.45) is 0 Å². The van der Waals surface area contributed by atoms with Gasteiger partial charge in [0.2, 0.25) is 0 Å². The summed E-state index contributed by atoms with van der Waals surface area (Å²) in [5.74, 6) is -2.45. The van der Waals surface area contributed by atoms with Gasteiger partial charge in [0.1, 0.15) is 0 Å². The van der Waals surface area contributed by atoms with E-state index in [0.717, 1.165) is 0 Å². The van der Waals surface area contributed by atoms with E-state index in [1.165, 1.54) is 6.92 Å². The second kappa shape index (κ2) is 5.46. The van der Waals surface area contributed by atoms with Gasteiger partial charge in [-0.1, -0.05) is 0 Å². The Labute approximate surface area is 79.8 Å². The molecule has 0 fully saturated rings. The molecule has 0 saturated heterocycles. The van der Waals surface area contributed by atoms with Gasteiger partial charge in [0.15, 0.2) is 0 Å². The van der Waals surface area contributed by atoms with Gasteiger partial charge in [0.05, 0.1) is 0 Å². The van der Waals surface area contributed by atoms with E-state index in [2.05, 4.69) is 0 Å². The molecule has 0 atom stereocenters. The summed E-state index contributed by atoms with van der Waals surface area (Å²) < 4.78 is 0. The summed E-state index contributed by atoms with van der Waals surface area (Å²) in [5, 5.41) is 16.1. The summed E-state index contributed by atoms with van der Waals surface area (Å²) in [4.78, 5) is 19.7. The molecule has 4 nitrogen and oxygen atoms in total.